The van der Waals surface area contributed by atoms with Crippen molar-refractivity contribution in [3.8, 4) is 0 Å². The highest BCUT2D eigenvalue weighted by molar-refractivity contribution is 7.89. The first-order chi connectivity index (χ1) is 12.7. The molecule has 148 valence electrons. The predicted molar refractivity (Wildman–Crippen MR) is 111 cm³/mol. The van der Waals surface area contributed by atoms with Gasteiger partial charge in [0, 0.05) is 31.2 Å². The normalized spacial score (nSPS) is 13.1. The van der Waals surface area contributed by atoms with Crippen LogP contribution in [0.25, 0.3) is 0 Å². The number of nitrogens with zero attached hydrogens (tertiary/aromatic N) is 2. The lowest BCUT2D eigenvalue weighted by Gasteiger charge is -2.26. The summed E-state index contributed by atoms with van der Waals surface area (Å²) < 4.78 is 25.8. The maximum Gasteiger partial charge on any atom is 0.244 e. The van der Waals surface area contributed by atoms with Crippen LogP contribution in [0.1, 0.15) is 18.7 Å². The fraction of sp³-hybridized carbons (Fsp3) is 0.389. The van der Waals surface area contributed by atoms with Gasteiger partial charge in [-0.25, -0.2) is 12.7 Å². The number of nitrogens with one attached hydrogen (secondary N) is 1. The van der Waals surface area contributed by atoms with Crippen LogP contribution in [0.5, 0.6) is 0 Å². The van der Waals surface area contributed by atoms with E-state index >= 15 is 0 Å². The van der Waals surface area contributed by atoms with Crippen LogP contribution in [0.4, 0.5) is 5.69 Å². The van der Waals surface area contributed by atoms with Gasteiger partial charge in [-0.3, -0.25) is 9.69 Å². The van der Waals surface area contributed by atoms with Gasteiger partial charge < -0.3 is 5.32 Å². The molecule has 2 rings (SSSR count). The van der Waals surface area contributed by atoms with Gasteiger partial charge in [-0.1, -0.05) is 24.6 Å². The smallest absolute Gasteiger partial charge is 0.244 e. The molecule has 1 N–H and O–H groups in total. The number of hydrogen-bond donors (Lipinski definition) is 1. The molecule has 0 aliphatic rings. The Hall–Kier alpha value is -1.45. The van der Waals surface area contributed by atoms with E-state index in [9.17, 15) is 13.2 Å². The fourth-order valence-electron chi connectivity index (χ4n) is 2.51. The van der Waals surface area contributed by atoms with E-state index in [-0.39, 0.29) is 21.9 Å². The second-order valence-corrected chi connectivity index (χ2v) is 9.80. The Kier molecular flexibility index (Phi) is 7.41. The summed E-state index contributed by atoms with van der Waals surface area (Å²) in [7, 11) is -0.834. The molecule has 0 saturated carbocycles. The van der Waals surface area contributed by atoms with E-state index < -0.39 is 10.0 Å². The minimum atomic E-state index is -3.70. The van der Waals surface area contributed by atoms with Crippen molar-refractivity contribution in [2.24, 2.45) is 0 Å². The second-order valence-electron chi connectivity index (χ2n) is 6.24. The summed E-state index contributed by atoms with van der Waals surface area (Å²) in [5.74, 6) is -0.205. The number of hydrogen-bond acceptors (Lipinski definition) is 5. The molecular formula is C18H24ClN3O3S2. The van der Waals surface area contributed by atoms with E-state index in [1.165, 1.54) is 31.1 Å². The minimum Gasteiger partial charge on any atom is -0.325 e. The molecule has 0 aliphatic heterocycles. The van der Waals surface area contributed by atoms with Gasteiger partial charge in [-0.2, -0.15) is 0 Å². The van der Waals surface area contributed by atoms with E-state index in [4.69, 9.17) is 11.6 Å². The SMILES string of the molecule is CCN(Cc1cccs1)C(C)C(=O)Nc1ccc(Cl)c(S(=O)(=O)N(C)C)c1. The maximum atomic E-state index is 12.7. The monoisotopic (exact) mass is 429 g/mol. The first-order valence-corrected chi connectivity index (χ1v) is 11.2. The molecule has 1 aromatic heterocycles. The topological polar surface area (TPSA) is 69.7 Å². The lowest BCUT2D eigenvalue weighted by Crippen LogP contribution is -2.41. The van der Waals surface area contributed by atoms with Gasteiger partial charge in [-0.15, -0.1) is 11.3 Å². The van der Waals surface area contributed by atoms with Gasteiger partial charge in [0.15, 0.2) is 0 Å². The van der Waals surface area contributed by atoms with E-state index in [1.54, 1.807) is 17.4 Å². The van der Waals surface area contributed by atoms with Crippen LogP contribution in [0.15, 0.2) is 40.6 Å². The number of amides is 1. The molecular weight excluding hydrogens is 406 g/mol. The molecule has 0 bridgehead atoms. The first-order valence-electron chi connectivity index (χ1n) is 8.46. The molecule has 6 nitrogen and oxygen atoms in total. The zero-order valence-electron chi connectivity index (χ0n) is 15.8. The molecule has 0 saturated heterocycles. The van der Waals surface area contributed by atoms with Crippen molar-refractivity contribution < 1.29 is 13.2 Å². The highest BCUT2D eigenvalue weighted by atomic mass is 35.5. The van der Waals surface area contributed by atoms with Crippen LogP contribution in [0.3, 0.4) is 0 Å². The van der Waals surface area contributed by atoms with Crippen molar-refractivity contribution in [3.63, 3.8) is 0 Å². The second kappa shape index (κ2) is 9.16. The molecule has 1 aromatic carbocycles. The lowest BCUT2D eigenvalue weighted by molar-refractivity contribution is -0.120. The lowest BCUT2D eigenvalue weighted by atomic mass is 10.2. The minimum absolute atomic E-state index is 0.0365. The number of halogens is 1. The van der Waals surface area contributed by atoms with Crippen molar-refractivity contribution in [3.05, 3.63) is 45.6 Å². The van der Waals surface area contributed by atoms with Crippen molar-refractivity contribution >= 4 is 44.6 Å². The quantitative estimate of drug-likeness (QED) is 0.697. The number of benzene rings is 1. The average Bonchev–Trinajstić information content (AvgIpc) is 3.13. The summed E-state index contributed by atoms with van der Waals surface area (Å²) in [6, 6.07) is 8.10. The number of carbonyl (C=O) groups is 1. The number of anilines is 1. The van der Waals surface area contributed by atoms with Crippen molar-refractivity contribution in [2.45, 2.75) is 31.3 Å². The summed E-state index contributed by atoms with van der Waals surface area (Å²) in [6.07, 6.45) is 0. The summed E-state index contributed by atoms with van der Waals surface area (Å²) in [4.78, 5) is 15.9. The van der Waals surface area contributed by atoms with Crippen molar-refractivity contribution in [1.29, 1.82) is 0 Å². The Labute approximate surface area is 169 Å². The highest BCUT2D eigenvalue weighted by Gasteiger charge is 2.24. The molecule has 9 heteroatoms. The fourth-order valence-corrected chi connectivity index (χ4v) is 4.64. The Morgan fingerprint density at radius 3 is 2.56 bits per heavy atom. The van der Waals surface area contributed by atoms with Gasteiger partial charge in [0.1, 0.15) is 4.90 Å². The Morgan fingerprint density at radius 2 is 2.00 bits per heavy atom. The molecule has 1 atom stereocenters. The molecule has 0 radical (unpaired) electrons. The van der Waals surface area contributed by atoms with Gasteiger partial charge in [0.05, 0.1) is 11.1 Å². The zero-order chi connectivity index (χ0) is 20.2. The third-order valence-corrected chi connectivity index (χ3v) is 7.39. The summed E-state index contributed by atoms with van der Waals surface area (Å²) in [5, 5.41) is 4.92. The van der Waals surface area contributed by atoms with E-state index in [1.807, 2.05) is 31.4 Å². The van der Waals surface area contributed by atoms with Crippen LogP contribution < -0.4 is 5.32 Å². The van der Waals surface area contributed by atoms with Gasteiger partial charge in [-0.05, 0) is 43.1 Å². The molecule has 1 heterocycles. The average molecular weight is 430 g/mol. The van der Waals surface area contributed by atoms with Crippen molar-refractivity contribution in [1.82, 2.24) is 9.21 Å². The number of thiophene rings is 1. The maximum absolute atomic E-state index is 12.7. The summed E-state index contributed by atoms with van der Waals surface area (Å²) in [6.45, 7) is 5.23. The summed E-state index contributed by atoms with van der Waals surface area (Å²) in [5.41, 5.74) is 0.392. The molecule has 27 heavy (non-hydrogen) atoms. The van der Waals surface area contributed by atoms with E-state index in [0.29, 0.717) is 18.8 Å². The molecule has 0 aliphatic carbocycles. The number of sulfonamides is 1. The summed E-state index contributed by atoms with van der Waals surface area (Å²) >= 11 is 7.70. The predicted octanol–water partition coefficient (Wildman–Crippen LogP) is 3.50. The van der Waals surface area contributed by atoms with Gasteiger partial charge >= 0.3 is 0 Å². The standard InChI is InChI=1S/C18H24ClN3O3S2/c1-5-22(12-15-7-6-10-26-15)13(2)18(23)20-14-8-9-16(19)17(11-14)27(24,25)21(3)4/h6-11,13H,5,12H2,1-4H3,(H,20,23). The Morgan fingerprint density at radius 1 is 1.30 bits per heavy atom. The van der Waals surface area contributed by atoms with Crippen LogP contribution in [-0.2, 0) is 21.4 Å². The molecule has 2 aromatic rings. The number of likely N-dealkylation sites (N-methyl/N-ethyl adjacent to an activating group) is 1. The van der Waals surface area contributed by atoms with E-state index in [0.717, 1.165) is 4.31 Å². The Bertz CT molecular complexity index is 883. The van der Waals surface area contributed by atoms with Crippen LogP contribution in [0, 0.1) is 0 Å². The van der Waals surface area contributed by atoms with Crippen LogP contribution in [-0.4, -0.2) is 50.2 Å². The Balaban J connectivity index is 2.17. The van der Waals surface area contributed by atoms with Crippen LogP contribution >= 0.6 is 22.9 Å². The third-order valence-electron chi connectivity index (χ3n) is 4.23. The van der Waals surface area contributed by atoms with Crippen molar-refractivity contribution in [2.75, 3.05) is 26.0 Å². The largest absolute Gasteiger partial charge is 0.325 e. The third kappa shape index (κ3) is 5.30. The molecule has 0 fully saturated rings. The zero-order valence-corrected chi connectivity index (χ0v) is 18.2. The number of rotatable bonds is 8. The van der Waals surface area contributed by atoms with Gasteiger partial charge in [0.2, 0.25) is 15.9 Å². The first kappa shape index (κ1) is 21.8. The van der Waals surface area contributed by atoms with Gasteiger partial charge in [0.25, 0.3) is 0 Å². The molecule has 0 spiro atoms. The molecule has 1 unspecified atom stereocenters. The number of carbonyl (C=O) groups excluding carboxylic acids is 1. The van der Waals surface area contributed by atoms with Crippen LogP contribution in [0.2, 0.25) is 5.02 Å². The van der Waals surface area contributed by atoms with E-state index in [2.05, 4.69) is 10.2 Å². The highest BCUT2D eigenvalue weighted by Crippen LogP contribution is 2.27. The molecule has 1 amide bonds.